The van der Waals surface area contributed by atoms with E-state index in [1.807, 2.05) is 6.07 Å². The fraction of sp³-hybridized carbons (Fsp3) is 0.143. The molecule has 4 nitrogen and oxygen atoms in total. The smallest absolute Gasteiger partial charge is 0.222 e. The molecule has 0 fully saturated rings. The number of rotatable bonds is 3. The van der Waals surface area contributed by atoms with Gasteiger partial charge in [-0.1, -0.05) is 42.0 Å². The van der Waals surface area contributed by atoms with E-state index >= 15 is 0 Å². The van der Waals surface area contributed by atoms with Gasteiger partial charge in [0.2, 0.25) is 5.95 Å². The number of hydrogen-bond acceptors (Lipinski definition) is 4. The Morgan fingerprint density at radius 3 is 2.69 bits per heavy atom. The molecule has 1 aromatic heterocycles. The number of allylic oxidation sites excluding steroid dienone is 1. The number of fused-ring (bicyclic) bond motifs is 1. The van der Waals surface area contributed by atoms with Crippen LogP contribution in [0.5, 0.6) is 0 Å². The highest BCUT2D eigenvalue weighted by Crippen LogP contribution is 2.42. The first-order chi connectivity index (χ1) is 12.5. The Morgan fingerprint density at radius 2 is 1.96 bits per heavy atom. The van der Waals surface area contributed by atoms with Crippen LogP contribution in [0.3, 0.4) is 0 Å². The Morgan fingerprint density at radius 1 is 1.12 bits per heavy atom. The van der Waals surface area contributed by atoms with Crippen LogP contribution >= 0.6 is 0 Å². The van der Waals surface area contributed by atoms with Gasteiger partial charge >= 0.3 is 0 Å². The molecule has 1 unspecified atom stereocenters. The minimum absolute atomic E-state index is 0.00727. The standard InChI is InChI=1S/C21H17FN4/c1-12-3-2-4-13(9-12)10-15-11-17(14-5-7-16(22)8-6-14)18-19(15)25-21(24)26-20(18)23/h2-5,7,9,11,15H,10H2,1H3,(H4,23,24,25,26). The molecular weight excluding hydrogens is 327 g/mol. The van der Waals surface area contributed by atoms with Crippen molar-refractivity contribution in [3.8, 4) is 0 Å². The number of aromatic nitrogens is 2. The summed E-state index contributed by atoms with van der Waals surface area (Å²) in [6.45, 7) is 2.06. The van der Waals surface area contributed by atoms with Crippen molar-refractivity contribution in [3.63, 3.8) is 0 Å². The van der Waals surface area contributed by atoms with Crippen LogP contribution < -0.4 is 11.5 Å². The van der Waals surface area contributed by atoms with Crippen molar-refractivity contribution in [2.45, 2.75) is 19.3 Å². The van der Waals surface area contributed by atoms with E-state index in [-0.39, 0.29) is 11.9 Å². The first-order valence-corrected chi connectivity index (χ1v) is 8.32. The molecule has 1 atom stereocenters. The number of nitrogens with two attached hydrogens (primary N) is 2. The fourth-order valence-electron chi connectivity index (χ4n) is 3.42. The lowest BCUT2D eigenvalue weighted by atomic mass is 9.97. The van der Waals surface area contributed by atoms with Gasteiger partial charge in [0.05, 0.1) is 5.69 Å². The summed E-state index contributed by atoms with van der Waals surface area (Å²) in [7, 11) is 0. The fourth-order valence-corrected chi connectivity index (χ4v) is 3.42. The number of nitrogens with zero attached hydrogens (tertiary/aromatic N) is 2. The zero-order valence-corrected chi connectivity index (χ0v) is 14.3. The lowest BCUT2D eigenvalue weighted by molar-refractivity contribution is 0.628. The quantitative estimate of drug-likeness (QED) is 0.763. The monoisotopic (exact) mass is 344 g/mol. The van der Waals surface area contributed by atoms with Crippen molar-refractivity contribution >= 4 is 17.3 Å². The van der Waals surface area contributed by atoms with E-state index in [1.165, 1.54) is 17.2 Å². The number of anilines is 2. The van der Waals surface area contributed by atoms with Crippen LogP contribution in [0.4, 0.5) is 16.2 Å². The van der Waals surface area contributed by atoms with Gasteiger partial charge in [-0.15, -0.1) is 0 Å². The van der Waals surface area contributed by atoms with Crippen LogP contribution in [0.15, 0.2) is 42.5 Å². The molecule has 4 N–H and O–H groups in total. The van der Waals surface area contributed by atoms with Crippen LogP contribution in [0.1, 0.15) is 33.9 Å². The van der Waals surface area contributed by atoms with E-state index in [1.54, 1.807) is 6.07 Å². The Bertz CT molecular complexity index is 1010. The molecule has 1 aliphatic carbocycles. The van der Waals surface area contributed by atoms with Crippen LogP contribution in [-0.2, 0) is 6.42 Å². The molecule has 0 aliphatic heterocycles. The first-order valence-electron chi connectivity index (χ1n) is 8.32. The van der Waals surface area contributed by atoms with Gasteiger partial charge in [0.15, 0.2) is 5.82 Å². The Hall–Kier alpha value is -3.39. The minimum Gasteiger partial charge on any atom is -0.383 e. The summed E-state index contributed by atoms with van der Waals surface area (Å²) in [6.07, 6.45) is 2.84. The van der Waals surface area contributed by atoms with Crippen molar-refractivity contribution < 1.29 is 4.39 Å². The summed E-state index contributed by atoms with van der Waals surface area (Å²) in [5.74, 6) is 0.0290. The van der Waals surface area contributed by atoms with Crippen LogP contribution in [0.2, 0.25) is 0 Å². The maximum absolute atomic E-state index is 13.2. The van der Waals surface area contributed by atoms with Gasteiger partial charge in [-0.25, -0.2) is 4.98 Å². The Kier molecular flexibility index (Phi) is 3.81. The third-order valence-electron chi connectivity index (χ3n) is 4.51. The Labute approximate surface area is 151 Å². The number of hydrogen-bond donors (Lipinski definition) is 2. The van der Waals surface area contributed by atoms with Crippen LogP contribution in [0.25, 0.3) is 5.57 Å². The van der Waals surface area contributed by atoms with E-state index in [0.717, 1.165) is 23.3 Å². The summed E-state index contributed by atoms with van der Waals surface area (Å²) in [5, 5.41) is 0. The third-order valence-corrected chi connectivity index (χ3v) is 4.51. The maximum atomic E-state index is 13.2. The predicted octanol–water partition coefficient (Wildman–Crippen LogP) is 3.46. The highest BCUT2D eigenvalue weighted by atomic mass is 19.1. The molecule has 1 heterocycles. The van der Waals surface area contributed by atoms with Gasteiger partial charge in [-0.3, -0.25) is 0 Å². The second-order valence-corrected chi connectivity index (χ2v) is 6.45. The number of halogens is 1. The normalized spacial score (nSPS) is 15.3. The van der Waals surface area contributed by atoms with Gasteiger partial charge in [0.1, 0.15) is 5.82 Å². The summed E-state index contributed by atoms with van der Waals surface area (Å²) in [4.78, 5) is 8.54. The maximum Gasteiger partial charge on any atom is 0.222 e. The highest BCUT2D eigenvalue weighted by molar-refractivity contribution is 5.89. The molecule has 0 bridgehead atoms. The number of nitrogen functional groups attached to an aromatic ring is 2. The zero-order chi connectivity index (χ0) is 18.3. The lowest BCUT2D eigenvalue weighted by Gasteiger charge is -2.12. The van der Waals surface area contributed by atoms with E-state index < -0.39 is 5.82 Å². The molecule has 2 aromatic carbocycles. The molecule has 128 valence electrons. The first kappa shape index (κ1) is 16.1. The molecule has 4 rings (SSSR count). The summed E-state index contributed by atoms with van der Waals surface area (Å²) in [6, 6.07) is 16.7. The van der Waals surface area contributed by atoms with Gasteiger partial charge in [-0.2, -0.15) is 9.37 Å². The molecule has 1 aliphatic rings. The second-order valence-electron chi connectivity index (χ2n) is 6.45. The van der Waals surface area contributed by atoms with Gasteiger partial charge in [0.25, 0.3) is 0 Å². The molecular formula is C21H17FN4. The van der Waals surface area contributed by atoms with Crippen LogP contribution in [0, 0.1) is 24.9 Å². The average molecular weight is 344 g/mol. The summed E-state index contributed by atoms with van der Waals surface area (Å²) < 4.78 is 13.2. The predicted molar refractivity (Wildman–Crippen MR) is 99.6 cm³/mol. The van der Waals surface area contributed by atoms with Crippen molar-refractivity contribution in [2.24, 2.45) is 0 Å². The lowest BCUT2D eigenvalue weighted by Crippen LogP contribution is -2.09. The average Bonchev–Trinajstić information content (AvgIpc) is 2.94. The van der Waals surface area contributed by atoms with Gasteiger partial charge in [-0.05, 0) is 42.7 Å². The summed E-state index contributed by atoms with van der Waals surface area (Å²) >= 11 is 0. The van der Waals surface area contributed by atoms with E-state index in [0.29, 0.717) is 11.4 Å². The van der Waals surface area contributed by atoms with Crippen molar-refractivity contribution in [1.82, 2.24) is 9.97 Å². The Balaban J connectivity index is 1.81. The largest absolute Gasteiger partial charge is 0.383 e. The van der Waals surface area contributed by atoms with Crippen LogP contribution in [-0.4, -0.2) is 9.97 Å². The zero-order valence-electron chi connectivity index (χ0n) is 14.3. The topological polar surface area (TPSA) is 77.8 Å². The number of benzene rings is 1. The van der Waals surface area contributed by atoms with E-state index in [9.17, 15) is 4.39 Å². The molecule has 26 heavy (non-hydrogen) atoms. The highest BCUT2D eigenvalue weighted by Gasteiger charge is 2.29. The van der Waals surface area contributed by atoms with Crippen molar-refractivity contribution in [1.29, 1.82) is 0 Å². The van der Waals surface area contributed by atoms with Crippen molar-refractivity contribution in [3.05, 3.63) is 88.4 Å². The molecule has 0 amide bonds. The molecule has 5 heteroatoms. The molecule has 3 aromatic rings. The third kappa shape index (κ3) is 2.86. The molecule has 0 spiro atoms. The summed E-state index contributed by atoms with van der Waals surface area (Å²) in [5.41, 5.74) is 17.5. The number of aryl methyl sites for hydroxylation is 1. The molecule has 0 radical (unpaired) electrons. The van der Waals surface area contributed by atoms with Gasteiger partial charge in [0, 0.05) is 17.0 Å². The van der Waals surface area contributed by atoms with Gasteiger partial charge < -0.3 is 11.5 Å². The second kappa shape index (κ2) is 6.16. The molecule has 0 saturated heterocycles. The van der Waals surface area contributed by atoms with Crippen molar-refractivity contribution in [2.75, 3.05) is 11.5 Å². The van der Waals surface area contributed by atoms with E-state index in [4.69, 9.17) is 11.5 Å². The van der Waals surface area contributed by atoms with E-state index in [2.05, 4.69) is 53.3 Å². The molecule has 0 saturated carbocycles. The minimum atomic E-state index is -0.453. The SMILES string of the molecule is Cc1cccc(CC2C=C(c3c#cc(F)cc3)c3c(N)nc(N)nc32)c1.